The van der Waals surface area contributed by atoms with E-state index in [-0.39, 0.29) is 12.3 Å². The van der Waals surface area contributed by atoms with Gasteiger partial charge in [0, 0.05) is 17.0 Å². The number of aromatic amines is 1. The molecule has 0 spiro atoms. The average molecular weight is 395 g/mol. The molecular weight excluding hydrogens is 376 g/mol. The third-order valence-corrected chi connectivity index (χ3v) is 6.83. The molecule has 0 bridgehead atoms. The Labute approximate surface area is 164 Å². The number of thiophene rings is 1. The van der Waals surface area contributed by atoms with E-state index in [1.807, 2.05) is 41.1 Å². The summed E-state index contributed by atoms with van der Waals surface area (Å²) in [5, 5.41) is 7.93. The highest BCUT2D eigenvalue weighted by Crippen LogP contribution is 2.35. The van der Waals surface area contributed by atoms with Crippen LogP contribution in [0.4, 0.5) is 5.69 Å². The molecule has 0 unspecified atom stereocenters. The van der Waals surface area contributed by atoms with Crippen molar-refractivity contribution in [3.8, 4) is 9.88 Å². The van der Waals surface area contributed by atoms with Crippen molar-refractivity contribution in [1.29, 1.82) is 0 Å². The molecule has 1 fully saturated rings. The standard InChI is InChI=1S/C20H18N4OS2/c25-18(10-14-11-27-20(22-14)17-5-2-8-26-17)21-13-6-7-15-16(9-13)24-19(23-15)12-3-1-4-12/h2,5-9,11-12H,1,3-4,10H2,(H,21,25)(H,23,24). The first-order valence-electron chi connectivity index (χ1n) is 9.02. The van der Waals surface area contributed by atoms with Crippen molar-refractivity contribution in [1.82, 2.24) is 15.0 Å². The number of anilines is 1. The smallest absolute Gasteiger partial charge is 0.230 e. The number of aromatic nitrogens is 3. The van der Waals surface area contributed by atoms with Crippen molar-refractivity contribution < 1.29 is 4.79 Å². The molecule has 0 saturated heterocycles. The van der Waals surface area contributed by atoms with Gasteiger partial charge in [-0.15, -0.1) is 22.7 Å². The number of nitrogens with one attached hydrogen (secondary N) is 2. The molecule has 5 rings (SSSR count). The molecule has 2 N–H and O–H groups in total. The molecule has 27 heavy (non-hydrogen) atoms. The maximum absolute atomic E-state index is 12.4. The second-order valence-electron chi connectivity index (χ2n) is 6.83. The fourth-order valence-electron chi connectivity index (χ4n) is 3.25. The minimum atomic E-state index is -0.0592. The number of imidazole rings is 1. The predicted octanol–water partition coefficient (Wildman–Crippen LogP) is 5.20. The number of benzene rings is 1. The van der Waals surface area contributed by atoms with Crippen molar-refractivity contribution in [2.24, 2.45) is 0 Å². The van der Waals surface area contributed by atoms with Crippen LogP contribution in [0.3, 0.4) is 0 Å². The number of hydrogen-bond acceptors (Lipinski definition) is 5. The molecule has 3 aromatic heterocycles. The molecule has 3 heterocycles. The normalized spacial score (nSPS) is 14.4. The zero-order valence-electron chi connectivity index (χ0n) is 14.6. The molecule has 7 heteroatoms. The van der Waals surface area contributed by atoms with Crippen LogP contribution >= 0.6 is 22.7 Å². The number of carbonyl (C=O) groups is 1. The number of hydrogen-bond donors (Lipinski definition) is 2. The Kier molecular flexibility index (Phi) is 4.26. The molecule has 0 radical (unpaired) electrons. The van der Waals surface area contributed by atoms with Gasteiger partial charge in [0.25, 0.3) is 0 Å². The molecule has 1 aliphatic carbocycles. The fourth-order valence-corrected chi connectivity index (χ4v) is 4.89. The summed E-state index contributed by atoms with van der Waals surface area (Å²) in [5.41, 5.74) is 3.51. The molecule has 0 aliphatic heterocycles. The minimum Gasteiger partial charge on any atom is -0.342 e. The van der Waals surface area contributed by atoms with Gasteiger partial charge in [-0.05, 0) is 42.5 Å². The summed E-state index contributed by atoms with van der Waals surface area (Å²) >= 11 is 3.24. The van der Waals surface area contributed by atoms with Crippen LogP contribution in [0.2, 0.25) is 0 Å². The van der Waals surface area contributed by atoms with Crippen LogP contribution in [-0.4, -0.2) is 20.9 Å². The summed E-state index contributed by atoms with van der Waals surface area (Å²) in [6.07, 6.45) is 3.99. The summed E-state index contributed by atoms with van der Waals surface area (Å²) < 4.78 is 0. The highest BCUT2D eigenvalue weighted by molar-refractivity contribution is 7.20. The molecule has 1 amide bonds. The summed E-state index contributed by atoms with van der Waals surface area (Å²) in [4.78, 5) is 26.2. The average Bonchev–Trinajstić information content (AvgIpc) is 3.32. The Bertz CT molecular complexity index is 1090. The van der Waals surface area contributed by atoms with Crippen LogP contribution in [0.5, 0.6) is 0 Å². The minimum absolute atomic E-state index is 0.0592. The summed E-state index contributed by atoms with van der Waals surface area (Å²) in [6.45, 7) is 0. The largest absolute Gasteiger partial charge is 0.342 e. The lowest BCUT2D eigenvalue weighted by molar-refractivity contribution is -0.115. The van der Waals surface area contributed by atoms with Crippen molar-refractivity contribution in [2.45, 2.75) is 31.6 Å². The lowest BCUT2D eigenvalue weighted by Gasteiger charge is -2.22. The SMILES string of the molecule is O=C(Cc1csc(-c2cccs2)n1)Nc1ccc2nc(C3CCC3)[nH]c2c1. The first-order valence-corrected chi connectivity index (χ1v) is 10.8. The van der Waals surface area contributed by atoms with E-state index in [2.05, 4.69) is 20.3 Å². The Morgan fingerprint density at radius 3 is 2.93 bits per heavy atom. The van der Waals surface area contributed by atoms with Gasteiger partial charge < -0.3 is 10.3 Å². The number of rotatable bonds is 5. The van der Waals surface area contributed by atoms with Crippen LogP contribution in [0.1, 0.15) is 36.7 Å². The van der Waals surface area contributed by atoms with E-state index >= 15 is 0 Å². The number of carbonyl (C=O) groups excluding carboxylic acids is 1. The highest BCUT2D eigenvalue weighted by atomic mass is 32.1. The molecule has 136 valence electrons. The molecule has 1 aliphatic rings. The van der Waals surface area contributed by atoms with Gasteiger partial charge in [0.2, 0.25) is 5.91 Å². The Hall–Kier alpha value is -2.51. The molecule has 4 aromatic rings. The van der Waals surface area contributed by atoms with Crippen molar-refractivity contribution >= 4 is 45.3 Å². The van der Waals surface area contributed by atoms with Gasteiger partial charge in [-0.3, -0.25) is 4.79 Å². The first kappa shape index (κ1) is 16.6. The Balaban J connectivity index is 1.27. The lowest BCUT2D eigenvalue weighted by atomic mass is 9.85. The third-order valence-electron chi connectivity index (χ3n) is 4.90. The number of fused-ring (bicyclic) bond motifs is 1. The first-order chi connectivity index (χ1) is 13.2. The molecule has 1 aromatic carbocycles. The van der Waals surface area contributed by atoms with E-state index in [1.165, 1.54) is 19.3 Å². The van der Waals surface area contributed by atoms with Crippen LogP contribution < -0.4 is 5.32 Å². The molecular formula is C20H18N4OS2. The van der Waals surface area contributed by atoms with Crippen LogP contribution in [0.15, 0.2) is 41.1 Å². The van der Waals surface area contributed by atoms with E-state index in [0.717, 1.165) is 38.1 Å². The van der Waals surface area contributed by atoms with Crippen LogP contribution in [0.25, 0.3) is 20.9 Å². The van der Waals surface area contributed by atoms with Gasteiger partial charge in [0.1, 0.15) is 10.8 Å². The zero-order chi connectivity index (χ0) is 18.2. The number of nitrogens with zero attached hydrogens (tertiary/aromatic N) is 2. The van der Waals surface area contributed by atoms with Crippen molar-refractivity contribution in [3.63, 3.8) is 0 Å². The second kappa shape index (κ2) is 6.90. The topological polar surface area (TPSA) is 70.7 Å². The van der Waals surface area contributed by atoms with Gasteiger partial charge in [0.05, 0.1) is 28.0 Å². The van der Waals surface area contributed by atoms with Gasteiger partial charge in [-0.1, -0.05) is 12.5 Å². The van der Waals surface area contributed by atoms with E-state index in [0.29, 0.717) is 5.92 Å². The molecule has 5 nitrogen and oxygen atoms in total. The van der Waals surface area contributed by atoms with Gasteiger partial charge >= 0.3 is 0 Å². The van der Waals surface area contributed by atoms with Gasteiger partial charge in [-0.25, -0.2) is 9.97 Å². The number of thiazole rings is 1. The maximum Gasteiger partial charge on any atom is 0.230 e. The molecule has 1 saturated carbocycles. The van der Waals surface area contributed by atoms with E-state index in [4.69, 9.17) is 0 Å². The van der Waals surface area contributed by atoms with E-state index in [1.54, 1.807) is 22.7 Å². The number of amides is 1. The molecule has 0 atom stereocenters. The summed E-state index contributed by atoms with van der Waals surface area (Å²) in [7, 11) is 0. The maximum atomic E-state index is 12.4. The summed E-state index contributed by atoms with van der Waals surface area (Å²) in [5.74, 6) is 1.58. The predicted molar refractivity (Wildman–Crippen MR) is 110 cm³/mol. The summed E-state index contributed by atoms with van der Waals surface area (Å²) in [6, 6.07) is 9.88. The lowest BCUT2D eigenvalue weighted by Crippen LogP contribution is -2.14. The van der Waals surface area contributed by atoms with Gasteiger partial charge in [-0.2, -0.15) is 0 Å². The third kappa shape index (κ3) is 3.40. The second-order valence-corrected chi connectivity index (χ2v) is 8.63. The van der Waals surface area contributed by atoms with E-state index < -0.39 is 0 Å². The highest BCUT2D eigenvalue weighted by Gasteiger charge is 2.22. The van der Waals surface area contributed by atoms with E-state index in [9.17, 15) is 4.79 Å². The van der Waals surface area contributed by atoms with Crippen molar-refractivity contribution in [3.05, 3.63) is 52.6 Å². The zero-order valence-corrected chi connectivity index (χ0v) is 16.2. The van der Waals surface area contributed by atoms with Crippen LogP contribution in [0, 0.1) is 0 Å². The Morgan fingerprint density at radius 2 is 2.15 bits per heavy atom. The number of H-pyrrole nitrogens is 1. The quantitative estimate of drug-likeness (QED) is 0.489. The fraction of sp³-hybridized carbons (Fsp3) is 0.250. The van der Waals surface area contributed by atoms with Crippen LogP contribution in [-0.2, 0) is 11.2 Å². The van der Waals surface area contributed by atoms with Crippen molar-refractivity contribution in [2.75, 3.05) is 5.32 Å². The van der Waals surface area contributed by atoms with Gasteiger partial charge in [0.15, 0.2) is 0 Å². The monoisotopic (exact) mass is 394 g/mol. The Morgan fingerprint density at radius 1 is 1.22 bits per heavy atom.